The first kappa shape index (κ1) is 6.67. The van der Waals surface area contributed by atoms with Crippen molar-refractivity contribution in [1.82, 2.24) is 5.16 Å². The first-order valence-electron chi connectivity index (χ1n) is 3.01. The van der Waals surface area contributed by atoms with E-state index < -0.39 is 0 Å². The number of phenolic OH excluding ortho intramolecular Hbond substituents is 1. The Labute approximate surface area is 70.7 Å². The van der Waals surface area contributed by atoms with Crippen LogP contribution in [0.15, 0.2) is 27.3 Å². The van der Waals surface area contributed by atoms with Crippen LogP contribution in [0.1, 0.15) is 0 Å². The predicted octanol–water partition coefficient (Wildman–Crippen LogP) is 2.30. The molecule has 0 fully saturated rings. The minimum atomic E-state index is 0.112. The van der Waals surface area contributed by atoms with Crippen molar-refractivity contribution in [2.45, 2.75) is 0 Å². The van der Waals surface area contributed by atoms with Crippen molar-refractivity contribution in [1.29, 1.82) is 0 Å². The SMILES string of the molecule is Oc1ccc(Br)c2cnoc12. The van der Waals surface area contributed by atoms with Crippen molar-refractivity contribution in [2.24, 2.45) is 0 Å². The quantitative estimate of drug-likeness (QED) is 0.731. The molecule has 0 bridgehead atoms. The van der Waals surface area contributed by atoms with Crippen molar-refractivity contribution in [2.75, 3.05) is 0 Å². The molecule has 0 unspecified atom stereocenters. The van der Waals surface area contributed by atoms with E-state index in [-0.39, 0.29) is 5.75 Å². The molecule has 1 heterocycles. The lowest BCUT2D eigenvalue weighted by Crippen LogP contribution is -1.68. The Hall–Kier alpha value is -1.03. The number of nitrogens with zero attached hydrogens (tertiary/aromatic N) is 1. The molecular formula is C7H4BrNO2. The number of phenols is 1. The van der Waals surface area contributed by atoms with Crippen LogP contribution in [0, 0.1) is 0 Å². The van der Waals surface area contributed by atoms with E-state index in [1.165, 1.54) is 0 Å². The molecule has 0 spiro atoms. The largest absolute Gasteiger partial charge is 0.504 e. The van der Waals surface area contributed by atoms with Gasteiger partial charge in [-0.05, 0) is 28.1 Å². The van der Waals surface area contributed by atoms with Gasteiger partial charge in [-0.25, -0.2) is 0 Å². The van der Waals surface area contributed by atoms with Crippen LogP contribution in [0.2, 0.25) is 0 Å². The number of hydrogen-bond acceptors (Lipinski definition) is 3. The van der Waals surface area contributed by atoms with Crippen LogP contribution in [-0.4, -0.2) is 10.3 Å². The maximum atomic E-state index is 9.23. The van der Waals surface area contributed by atoms with Crippen LogP contribution < -0.4 is 0 Å². The predicted molar refractivity (Wildman–Crippen MR) is 43.4 cm³/mol. The standard InChI is InChI=1S/C7H4BrNO2/c8-5-1-2-6(10)7-4(5)3-9-11-7/h1-3,10H. The summed E-state index contributed by atoms with van der Waals surface area (Å²) in [6.07, 6.45) is 1.55. The molecule has 0 saturated heterocycles. The van der Waals surface area contributed by atoms with Gasteiger partial charge in [0, 0.05) is 4.47 Å². The molecule has 56 valence electrons. The van der Waals surface area contributed by atoms with Crippen molar-refractivity contribution in [3.8, 4) is 5.75 Å². The summed E-state index contributed by atoms with van der Waals surface area (Å²) < 4.78 is 5.67. The number of rotatable bonds is 0. The molecule has 0 amide bonds. The van der Waals surface area contributed by atoms with Gasteiger partial charge < -0.3 is 9.63 Å². The minimum Gasteiger partial charge on any atom is -0.504 e. The third kappa shape index (κ3) is 0.903. The Bertz CT molecular complexity index is 360. The Kier molecular flexibility index (Phi) is 1.35. The molecule has 0 aliphatic carbocycles. The first-order chi connectivity index (χ1) is 5.29. The Morgan fingerprint density at radius 2 is 2.27 bits per heavy atom. The minimum absolute atomic E-state index is 0.112. The van der Waals surface area contributed by atoms with Crippen molar-refractivity contribution < 1.29 is 9.63 Å². The summed E-state index contributed by atoms with van der Waals surface area (Å²) in [5.74, 6) is 0.112. The van der Waals surface area contributed by atoms with Crippen molar-refractivity contribution in [3.63, 3.8) is 0 Å². The Morgan fingerprint density at radius 1 is 1.45 bits per heavy atom. The second-order valence-corrected chi connectivity index (χ2v) is 2.99. The Morgan fingerprint density at radius 3 is 3.00 bits per heavy atom. The van der Waals surface area contributed by atoms with Crippen molar-refractivity contribution >= 4 is 26.9 Å². The van der Waals surface area contributed by atoms with Gasteiger partial charge in [-0.3, -0.25) is 0 Å². The van der Waals surface area contributed by atoms with Crippen LogP contribution in [0.5, 0.6) is 5.75 Å². The van der Waals surface area contributed by atoms with Crippen LogP contribution in [-0.2, 0) is 0 Å². The second kappa shape index (κ2) is 2.23. The first-order valence-corrected chi connectivity index (χ1v) is 3.80. The van der Waals surface area contributed by atoms with E-state index in [2.05, 4.69) is 21.1 Å². The highest BCUT2D eigenvalue weighted by Crippen LogP contribution is 2.30. The molecule has 0 aliphatic rings. The molecule has 1 N–H and O–H groups in total. The number of aromatic nitrogens is 1. The van der Waals surface area contributed by atoms with Gasteiger partial charge in [-0.1, -0.05) is 5.16 Å². The number of aromatic hydroxyl groups is 1. The summed E-state index contributed by atoms with van der Waals surface area (Å²) in [6.45, 7) is 0. The molecule has 0 radical (unpaired) electrons. The van der Waals surface area contributed by atoms with E-state index in [4.69, 9.17) is 4.52 Å². The van der Waals surface area contributed by atoms with Crippen LogP contribution in [0.25, 0.3) is 11.0 Å². The van der Waals surface area contributed by atoms with Crippen molar-refractivity contribution in [3.05, 3.63) is 22.8 Å². The number of fused-ring (bicyclic) bond motifs is 1. The number of halogens is 1. The zero-order valence-electron chi connectivity index (χ0n) is 5.41. The summed E-state index contributed by atoms with van der Waals surface area (Å²) in [5.41, 5.74) is 0.416. The lowest BCUT2D eigenvalue weighted by molar-refractivity contribution is 0.422. The van der Waals surface area contributed by atoms with Gasteiger partial charge in [0.1, 0.15) is 0 Å². The van der Waals surface area contributed by atoms with E-state index in [9.17, 15) is 5.11 Å². The van der Waals surface area contributed by atoms with Gasteiger partial charge in [0.25, 0.3) is 0 Å². The van der Waals surface area contributed by atoms with Crippen LogP contribution in [0.4, 0.5) is 0 Å². The molecule has 0 saturated carbocycles. The second-order valence-electron chi connectivity index (χ2n) is 2.14. The molecule has 2 aromatic rings. The third-order valence-corrected chi connectivity index (χ3v) is 2.14. The van der Waals surface area contributed by atoms with Gasteiger partial charge in [0.2, 0.25) is 5.58 Å². The average molecular weight is 214 g/mol. The van der Waals surface area contributed by atoms with Gasteiger partial charge in [0.15, 0.2) is 5.75 Å². The van der Waals surface area contributed by atoms with E-state index in [0.717, 1.165) is 9.86 Å². The fourth-order valence-corrected chi connectivity index (χ4v) is 1.33. The summed E-state index contributed by atoms with van der Waals surface area (Å²) in [7, 11) is 0. The highest BCUT2D eigenvalue weighted by atomic mass is 79.9. The highest BCUT2D eigenvalue weighted by molar-refractivity contribution is 9.10. The van der Waals surface area contributed by atoms with Gasteiger partial charge in [-0.15, -0.1) is 0 Å². The fraction of sp³-hybridized carbons (Fsp3) is 0. The monoisotopic (exact) mass is 213 g/mol. The molecule has 2 rings (SSSR count). The number of hydrogen-bond donors (Lipinski definition) is 1. The molecule has 4 heteroatoms. The molecule has 0 aliphatic heterocycles. The zero-order valence-corrected chi connectivity index (χ0v) is 7.00. The molecule has 11 heavy (non-hydrogen) atoms. The molecule has 1 aromatic heterocycles. The third-order valence-electron chi connectivity index (χ3n) is 1.45. The van der Waals surface area contributed by atoms with E-state index >= 15 is 0 Å². The average Bonchev–Trinajstić information content (AvgIpc) is 2.45. The summed E-state index contributed by atoms with van der Waals surface area (Å²) in [4.78, 5) is 0. The smallest absolute Gasteiger partial charge is 0.209 e. The lowest BCUT2D eigenvalue weighted by atomic mass is 10.2. The normalized spacial score (nSPS) is 10.6. The van der Waals surface area contributed by atoms with Gasteiger partial charge >= 0.3 is 0 Å². The molecular weight excluding hydrogens is 210 g/mol. The van der Waals surface area contributed by atoms with Crippen LogP contribution >= 0.6 is 15.9 Å². The maximum Gasteiger partial charge on any atom is 0.209 e. The number of benzene rings is 1. The fourth-order valence-electron chi connectivity index (χ4n) is 0.912. The maximum absolute atomic E-state index is 9.23. The summed E-state index contributed by atoms with van der Waals surface area (Å²) in [5, 5.41) is 13.6. The Balaban J connectivity index is 2.96. The summed E-state index contributed by atoms with van der Waals surface area (Å²) >= 11 is 3.30. The highest BCUT2D eigenvalue weighted by Gasteiger charge is 2.06. The van der Waals surface area contributed by atoms with Gasteiger partial charge in [0.05, 0.1) is 11.6 Å². The van der Waals surface area contributed by atoms with E-state index in [1.807, 2.05) is 0 Å². The summed E-state index contributed by atoms with van der Waals surface area (Å²) in [6, 6.07) is 3.30. The zero-order chi connectivity index (χ0) is 7.84. The lowest BCUT2D eigenvalue weighted by Gasteiger charge is -1.92. The molecule has 3 nitrogen and oxygen atoms in total. The van der Waals surface area contributed by atoms with E-state index in [1.54, 1.807) is 18.3 Å². The molecule has 1 aromatic carbocycles. The topological polar surface area (TPSA) is 46.3 Å². The van der Waals surface area contributed by atoms with E-state index in [0.29, 0.717) is 5.58 Å². The van der Waals surface area contributed by atoms with Crippen LogP contribution in [0.3, 0.4) is 0 Å². The van der Waals surface area contributed by atoms with Gasteiger partial charge in [-0.2, -0.15) is 0 Å². The molecule has 0 atom stereocenters.